The summed E-state index contributed by atoms with van der Waals surface area (Å²) in [7, 11) is 0. The van der Waals surface area contributed by atoms with E-state index in [4.69, 9.17) is 0 Å². The Morgan fingerprint density at radius 1 is 1.08 bits per heavy atom. The smallest absolute Gasteiger partial charge is 0.273 e. The monoisotopic (exact) mass is 335 g/mol. The quantitative estimate of drug-likeness (QED) is 0.387. The third-order valence-electron chi connectivity index (χ3n) is 3.67. The largest absolute Gasteiger partial charge is 0.505 e. The molecule has 7 nitrogen and oxygen atoms in total. The topological polar surface area (TPSA) is 108 Å². The van der Waals surface area contributed by atoms with Crippen LogP contribution in [-0.2, 0) is 0 Å². The van der Waals surface area contributed by atoms with Gasteiger partial charge >= 0.3 is 0 Å². The molecule has 3 rings (SSSR count). The molecule has 0 radical (unpaired) electrons. The van der Waals surface area contributed by atoms with E-state index < -0.39 is 4.92 Å². The van der Waals surface area contributed by atoms with Gasteiger partial charge in [-0.25, -0.2) is 0 Å². The van der Waals surface area contributed by atoms with Crippen LogP contribution in [0.25, 0.3) is 16.8 Å². The lowest BCUT2D eigenvalue weighted by Crippen LogP contribution is -1.86. The second-order valence-corrected chi connectivity index (χ2v) is 5.22. The minimum absolute atomic E-state index is 0.0538. The highest BCUT2D eigenvalue weighted by molar-refractivity contribution is 5.98. The van der Waals surface area contributed by atoms with Gasteiger partial charge in [0.25, 0.3) is 5.69 Å². The predicted molar refractivity (Wildman–Crippen MR) is 94.6 cm³/mol. The Morgan fingerprint density at radius 3 is 2.52 bits per heavy atom. The second kappa shape index (κ2) is 6.40. The standard InChI is InChI=1S/C18H13N3O4/c1-2-11-9-12-5-3-4-6-14(12)17(18(11)23)20-19-15-8-7-13(21(24)25)10-16(15)22/h2-10,22-23H,1H2. The van der Waals surface area contributed by atoms with Crippen molar-refractivity contribution in [3.63, 3.8) is 0 Å². The Morgan fingerprint density at radius 2 is 1.84 bits per heavy atom. The molecule has 0 heterocycles. The number of benzene rings is 3. The van der Waals surface area contributed by atoms with E-state index in [1.807, 2.05) is 12.1 Å². The molecule has 0 fully saturated rings. The van der Waals surface area contributed by atoms with Gasteiger partial charge in [-0.15, -0.1) is 10.2 Å². The van der Waals surface area contributed by atoms with Gasteiger partial charge in [-0.3, -0.25) is 10.1 Å². The summed E-state index contributed by atoms with van der Waals surface area (Å²) in [6, 6.07) is 12.6. The fraction of sp³-hybridized carbons (Fsp3) is 0. The van der Waals surface area contributed by atoms with Crippen LogP contribution in [0.4, 0.5) is 17.1 Å². The third kappa shape index (κ3) is 3.02. The summed E-state index contributed by atoms with van der Waals surface area (Å²) in [6.45, 7) is 3.66. The molecule has 0 unspecified atom stereocenters. The Bertz CT molecular complexity index is 1030. The van der Waals surface area contributed by atoms with E-state index in [1.54, 1.807) is 18.2 Å². The lowest BCUT2D eigenvalue weighted by atomic mass is 10.0. The fourth-order valence-electron chi connectivity index (χ4n) is 2.41. The van der Waals surface area contributed by atoms with Crippen molar-refractivity contribution in [1.82, 2.24) is 0 Å². The van der Waals surface area contributed by atoms with E-state index in [1.165, 1.54) is 18.2 Å². The highest BCUT2D eigenvalue weighted by atomic mass is 16.6. The third-order valence-corrected chi connectivity index (χ3v) is 3.67. The van der Waals surface area contributed by atoms with E-state index in [2.05, 4.69) is 16.8 Å². The minimum atomic E-state index is -0.618. The average Bonchev–Trinajstić information content (AvgIpc) is 2.61. The van der Waals surface area contributed by atoms with Crippen molar-refractivity contribution in [3.05, 3.63) is 70.8 Å². The van der Waals surface area contributed by atoms with E-state index in [9.17, 15) is 20.3 Å². The van der Waals surface area contributed by atoms with Crippen LogP contribution in [0.15, 0.2) is 65.3 Å². The van der Waals surface area contributed by atoms with Gasteiger partial charge in [0.05, 0.1) is 11.0 Å². The predicted octanol–water partition coefficient (Wildman–Crippen LogP) is 5.22. The minimum Gasteiger partial charge on any atom is -0.505 e. The van der Waals surface area contributed by atoms with Gasteiger partial charge in [0.15, 0.2) is 5.75 Å². The van der Waals surface area contributed by atoms with Crippen molar-refractivity contribution in [2.24, 2.45) is 10.2 Å². The molecular weight excluding hydrogens is 322 g/mol. The van der Waals surface area contributed by atoms with Crippen molar-refractivity contribution in [2.75, 3.05) is 0 Å². The molecule has 0 aromatic heterocycles. The number of phenols is 2. The Balaban J connectivity index is 2.11. The van der Waals surface area contributed by atoms with E-state index in [0.717, 1.165) is 11.5 Å². The Hall–Kier alpha value is -3.74. The maximum atomic E-state index is 10.7. The van der Waals surface area contributed by atoms with Gasteiger partial charge in [-0.2, -0.15) is 0 Å². The highest BCUT2D eigenvalue weighted by Crippen LogP contribution is 2.40. The summed E-state index contributed by atoms with van der Waals surface area (Å²) in [5.74, 6) is -0.458. The van der Waals surface area contributed by atoms with Gasteiger partial charge in [0.1, 0.15) is 17.1 Å². The maximum Gasteiger partial charge on any atom is 0.273 e. The number of rotatable bonds is 4. The molecule has 2 N–H and O–H groups in total. The van der Waals surface area contributed by atoms with E-state index in [-0.39, 0.29) is 28.6 Å². The van der Waals surface area contributed by atoms with Crippen molar-refractivity contribution < 1.29 is 15.1 Å². The number of aromatic hydroxyl groups is 2. The van der Waals surface area contributed by atoms with Gasteiger partial charge in [-0.1, -0.05) is 36.9 Å². The van der Waals surface area contributed by atoms with Crippen molar-refractivity contribution in [1.29, 1.82) is 0 Å². The number of hydrogen-bond donors (Lipinski definition) is 2. The number of hydrogen-bond acceptors (Lipinski definition) is 6. The van der Waals surface area contributed by atoms with Gasteiger partial charge in [-0.05, 0) is 17.5 Å². The van der Waals surface area contributed by atoms with Crippen molar-refractivity contribution >= 4 is 33.9 Å². The lowest BCUT2D eigenvalue weighted by Gasteiger charge is -2.07. The maximum absolute atomic E-state index is 10.7. The summed E-state index contributed by atoms with van der Waals surface area (Å²) in [6.07, 6.45) is 1.50. The summed E-state index contributed by atoms with van der Waals surface area (Å²) in [4.78, 5) is 10.1. The van der Waals surface area contributed by atoms with Crippen LogP contribution in [0.1, 0.15) is 5.56 Å². The second-order valence-electron chi connectivity index (χ2n) is 5.22. The number of nitro groups is 1. The summed E-state index contributed by atoms with van der Waals surface area (Å²) in [5, 5.41) is 40.4. The first kappa shape index (κ1) is 16.1. The molecular formula is C18H13N3O4. The van der Waals surface area contributed by atoms with Crippen LogP contribution in [-0.4, -0.2) is 15.1 Å². The summed E-state index contributed by atoms with van der Waals surface area (Å²) >= 11 is 0. The van der Waals surface area contributed by atoms with Crippen LogP contribution in [0.2, 0.25) is 0 Å². The van der Waals surface area contributed by atoms with Gasteiger partial charge in [0.2, 0.25) is 0 Å². The number of nitrogens with zero attached hydrogens (tertiary/aromatic N) is 3. The zero-order valence-corrected chi connectivity index (χ0v) is 13.0. The SMILES string of the molecule is C=Cc1cc2ccccc2c(N=Nc2ccc([N+](=O)[O-])cc2O)c1O. The summed E-state index contributed by atoms with van der Waals surface area (Å²) < 4.78 is 0. The first-order chi connectivity index (χ1) is 12.0. The van der Waals surface area contributed by atoms with Crippen LogP contribution in [0, 0.1) is 10.1 Å². The van der Waals surface area contributed by atoms with Gasteiger partial charge in [0, 0.05) is 17.0 Å². The molecule has 0 aliphatic heterocycles. The van der Waals surface area contributed by atoms with Gasteiger partial charge < -0.3 is 10.2 Å². The number of non-ortho nitro benzene ring substituents is 1. The molecule has 0 amide bonds. The molecule has 0 aliphatic carbocycles. The normalized spacial score (nSPS) is 11.0. The first-order valence-corrected chi connectivity index (χ1v) is 7.27. The molecule has 3 aromatic carbocycles. The zero-order chi connectivity index (χ0) is 18.0. The van der Waals surface area contributed by atoms with Crippen LogP contribution < -0.4 is 0 Å². The fourth-order valence-corrected chi connectivity index (χ4v) is 2.41. The average molecular weight is 335 g/mol. The molecule has 124 valence electrons. The van der Waals surface area contributed by atoms with Crippen molar-refractivity contribution in [3.8, 4) is 11.5 Å². The molecule has 3 aromatic rings. The van der Waals surface area contributed by atoms with E-state index in [0.29, 0.717) is 10.9 Å². The Kier molecular flexibility index (Phi) is 4.13. The molecule has 0 bridgehead atoms. The van der Waals surface area contributed by atoms with Crippen LogP contribution in [0.5, 0.6) is 11.5 Å². The van der Waals surface area contributed by atoms with Crippen LogP contribution in [0.3, 0.4) is 0 Å². The molecule has 0 aliphatic rings. The molecule has 0 saturated carbocycles. The summed E-state index contributed by atoms with van der Waals surface area (Å²) in [5.41, 5.74) is 0.530. The van der Waals surface area contributed by atoms with E-state index >= 15 is 0 Å². The molecule has 25 heavy (non-hydrogen) atoms. The number of fused-ring (bicyclic) bond motifs is 1. The highest BCUT2D eigenvalue weighted by Gasteiger charge is 2.12. The molecule has 0 atom stereocenters. The number of nitro benzene ring substituents is 1. The zero-order valence-electron chi connectivity index (χ0n) is 13.0. The first-order valence-electron chi connectivity index (χ1n) is 7.27. The number of phenolic OH excluding ortho intramolecular Hbond substituents is 2. The molecule has 0 spiro atoms. The van der Waals surface area contributed by atoms with Crippen molar-refractivity contribution in [2.45, 2.75) is 0 Å². The Labute approximate surface area is 142 Å². The van der Waals surface area contributed by atoms with Crippen LogP contribution >= 0.6 is 0 Å². The lowest BCUT2D eigenvalue weighted by molar-refractivity contribution is -0.384. The molecule has 7 heteroatoms. The molecule has 0 saturated heterocycles. The number of azo groups is 1.